The fourth-order valence-corrected chi connectivity index (χ4v) is 2.58. The van der Waals surface area contributed by atoms with Crippen molar-refractivity contribution in [1.82, 2.24) is 5.01 Å². The molecule has 0 bridgehead atoms. The zero-order valence-corrected chi connectivity index (χ0v) is 11.3. The van der Waals surface area contributed by atoms with Crippen LogP contribution in [-0.2, 0) is 4.79 Å². The molecule has 0 radical (unpaired) electrons. The highest BCUT2D eigenvalue weighted by molar-refractivity contribution is 5.74. The van der Waals surface area contributed by atoms with Crippen molar-refractivity contribution in [2.45, 2.75) is 39.2 Å². The largest absolute Gasteiger partial charge is 0.508 e. The quantitative estimate of drug-likeness (QED) is 0.730. The molecule has 1 heterocycles. The highest BCUT2D eigenvalue weighted by Crippen LogP contribution is 2.27. The lowest BCUT2D eigenvalue weighted by Crippen LogP contribution is -2.48. The number of carboxylic acids is 1. The van der Waals surface area contributed by atoms with Gasteiger partial charge in [-0.15, -0.1) is 0 Å². The summed E-state index contributed by atoms with van der Waals surface area (Å²) in [5, 5.41) is 20.6. The first-order valence-electron chi connectivity index (χ1n) is 6.55. The van der Waals surface area contributed by atoms with E-state index in [1.54, 1.807) is 17.1 Å². The summed E-state index contributed by atoms with van der Waals surface area (Å²) in [5.41, 5.74) is 5.92. The highest BCUT2D eigenvalue weighted by Gasteiger charge is 2.29. The van der Waals surface area contributed by atoms with Crippen molar-refractivity contribution < 1.29 is 15.0 Å². The molecule has 1 unspecified atom stereocenters. The van der Waals surface area contributed by atoms with Crippen LogP contribution < -0.4 is 5.43 Å². The average molecular weight is 264 g/mol. The number of aryl methyl sites for hydroxylation is 2. The Morgan fingerprint density at radius 2 is 1.95 bits per heavy atom. The van der Waals surface area contributed by atoms with E-state index in [0.717, 1.165) is 36.2 Å². The lowest BCUT2D eigenvalue weighted by Gasteiger charge is -2.34. The smallest absolute Gasteiger partial charge is 0.322 e. The number of aliphatic carboxylic acids is 1. The summed E-state index contributed by atoms with van der Waals surface area (Å²) in [6, 6.07) is 2.87. The number of nitrogens with zero attached hydrogens (tertiary/aromatic N) is 1. The maximum atomic E-state index is 11.3. The first-order valence-corrected chi connectivity index (χ1v) is 6.55. The van der Waals surface area contributed by atoms with E-state index in [-0.39, 0.29) is 5.75 Å². The van der Waals surface area contributed by atoms with Crippen molar-refractivity contribution in [3.05, 3.63) is 23.3 Å². The Hall–Kier alpha value is -1.75. The van der Waals surface area contributed by atoms with Gasteiger partial charge in [-0.25, -0.2) is 5.01 Å². The number of rotatable bonds is 3. The summed E-state index contributed by atoms with van der Waals surface area (Å²) < 4.78 is 0. The molecule has 1 aliphatic heterocycles. The fourth-order valence-electron chi connectivity index (χ4n) is 2.58. The molecule has 0 aliphatic carbocycles. The van der Waals surface area contributed by atoms with Crippen LogP contribution >= 0.6 is 0 Å². The monoisotopic (exact) mass is 264 g/mol. The molecule has 1 saturated heterocycles. The second kappa shape index (κ2) is 5.48. The average Bonchev–Trinajstić information content (AvgIpc) is 2.34. The molecule has 0 amide bonds. The predicted octanol–water partition coefficient (Wildman–Crippen LogP) is 2.28. The number of hydrogen-bond donors (Lipinski definition) is 3. The number of carboxylic acid groups (broad SMARTS) is 1. The predicted molar refractivity (Wildman–Crippen MR) is 73.2 cm³/mol. The van der Waals surface area contributed by atoms with Crippen LogP contribution in [0.1, 0.15) is 30.4 Å². The van der Waals surface area contributed by atoms with E-state index in [4.69, 9.17) is 0 Å². The number of piperidine rings is 1. The van der Waals surface area contributed by atoms with Gasteiger partial charge in [0.25, 0.3) is 0 Å². The molecule has 0 aromatic heterocycles. The number of hydrogen-bond acceptors (Lipinski definition) is 4. The summed E-state index contributed by atoms with van der Waals surface area (Å²) in [6.45, 7) is 4.51. The van der Waals surface area contributed by atoms with E-state index >= 15 is 0 Å². The van der Waals surface area contributed by atoms with E-state index in [1.165, 1.54) is 0 Å². The third kappa shape index (κ3) is 2.98. The van der Waals surface area contributed by atoms with Gasteiger partial charge in [-0.05, 0) is 56.4 Å². The van der Waals surface area contributed by atoms with Gasteiger partial charge in [-0.1, -0.05) is 0 Å². The molecular formula is C14H20N2O3. The Morgan fingerprint density at radius 3 is 2.53 bits per heavy atom. The number of benzene rings is 1. The highest BCUT2D eigenvalue weighted by atomic mass is 16.4. The first-order chi connectivity index (χ1) is 8.99. The van der Waals surface area contributed by atoms with E-state index in [0.29, 0.717) is 6.42 Å². The van der Waals surface area contributed by atoms with Crippen LogP contribution in [0.2, 0.25) is 0 Å². The van der Waals surface area contributed by atoms with Crippen LogP contribution in [-0.4, -0.2) is 33.8 Å². The summed E-state index contributed by atoms with van der Waals surface area (Å²) in [6.07, 6.45) is 2.61. The third-order valence-electron chi connectivity index (χ3n) is 3.56. The zero-order valence-electron chi connectivity index (χ0n) is 11.3. The van der Waals surface area contributed by atoms with Gasteiger partial charge in [-0.3, -0.25) is 4.79 Å². The van der Waals surface area contributed by atoms with Gasteiger partial charge in [0.2, 0.25) is 0 Å². The number of hydrazine groups is 1. The standard InChI is InChI=1S/C14H20N2O3/c1-9-7-11(17)8-10(2)13(9)15-16-6-4-3-5-12(16)14(18)19/h7-8,12,15,17H,3-6H2,1-2H3,(H,18,19). The van der Waals surface area contributed by atoms with Crippen LogP contribution in [0.3, 0.4) is 0 Å². The van der Waals surface area contributed by atoms with Crippen molar-refractivity contribution in [2.24, 2.45) is 0 Å². The number of aromatic hydroxyl groups is 1. The second-order valence-corrected chi connectivity index (χ2v) is 5.11. The lowest BCUT2D eigenvalue weighted by atomic mass is 10.0. The molecule has 1 aromatic carbocycles. The fraction of sp³-hybridized carbons (Fsp3) is 0.500. The van der Waals surface area contributed by atoms with Crippen molar-refractivity contribution >= 4 is 11.7 Å². The molecule has 2 rings (SSSR count). The summed E-state index contributed by atoms with van der Waals surface area (Å²) in [4.78, 5) is 11.3. The maximum absolute atomic E-state index is 11.3. The Bertz CT molecular complexity index is 465. The molecule has 3 N–H and O–H groups in total. The molecule has 19 heavy (non-hydrogen) atoms. The Balaban J connectivity index is 2.22. The number of nitrogens with one attached hydrogen (secondary N) is 1. The van der Waals surface area contributed by atoms with Gasteiger partial charge < -0.3 is 15.6 Å². The minimum absolute atomic E-state index is 0.231. The van der Waals surface area contributed by atoms with Crippen LogP contribution in [0.25, 0.3) is 0 Å². The van der Waals surface area contributed by atoms with Gasteiger partial charge in [0, 0.05) is 6.54 Å². The van der Waals surface area contributed by atoms with Gasteiger partial charge in [-0.2, -0.15) is 0 Å². The molecule has 5 heteroatoms. The van der Waals surface area contributed by atoms with Crippen molar-refractivity contribution in [2.75, 3.05) is 12.0 Å². The molecular weight excluding hydrogens is 244 g/mol. The van der Waals surface area contributed by atoms with Gasteiger partial charge in [0.15, 0.2) is 0 Å². The molecule has 1 aromatic rings. The van der Waals surface area contributed by atoms with Crippen molar-refractivity contribution in [3.8, 4) is 5.75 Å². The van der Waals surface area contributed by atoms with Crippen LogP contribution in [0, 0.1) is 13.8 Å². The minimum atomic E-state index is -0.790. The topological polar surface area (TPSA) is 72.8 Å². The van der Waals surface area contributed by atoms with E-state index in [9.17, 15) is 15.0 Å². The molecule has 5 nitrogen and oxygen atoms in total. The van der Waals surface area contributed by atoms with Crippen molar-refractivity contribution in [1.29, 1.82) is 0 Å². The Morgan fingerprint density at radius 1 is 1.32 bits per heavy atom. The molecule has 1 atom stereocenters. The number of carbonyl (C=O) groups is 1. The van der Waals surface area contributed by atoms with Crippen LogP contribution in [0.4, 0.5) is 5.69 Å². The van der Waals surface area contributed by atoms with Crippen molar-refractivity contribution in [3.63, 3.8) is 0 Å². The molecule has 104 valence electrons. The van der Waals surface area contributed by atoms with E-state index in [1.807, 2.05) is 13.8 Å². The van der Waals surface area contributed by atoms with E-state index in [2.05, 4.69) is 5.43 Å². The summed E-state index contributed by atoms with van der Waals surface area (Å²) in [7, 11) is 0. The lowest BCUT2D eigenvalue weighted by molar-refractivity contribution is -0.143. The summed E-state index contributed by atoms with van der Waals surface area (Å²) >= 11 is 0. The van der Waals surface area contributed by atoms with Crippen LogP contribution in [0.5, 0.6) is 5.75 Å². The SMILES string of the molecule is Cc1cc(O)cc(C)c1NN1CCCCC1C(=O)O. The molecule has 1 aliphatic rings. The molecule has 0 spiro atoms. The van der Waals surface area contributed by atoms with E-state index < -0.39 is 12.0 Å². The maximum Gasteiger partial charge on any atom is 0.322 e. The molecule has 1 fully saturated rings. The van der Waals surface area contributed by atoms with Crippen LogP contribution in [0.15, 0.2) is 12.1 Å². The first kappa shape index (κ1) is 13.7. The minimum Gasteiger partial charge on any atom is -0.508 e. The summed E-state index contributed by atoms with van der Waals surface area (Å²) in [5.74, 6) is -0.560. The van der Waals surface area contributed by atoms with Gasteiger partial charge >= 0.3 is 5.97 Å². The normalized spacial score (nSPS) is 20.2. The second-order valence-electron chi connectivity index (χ2n) is 5.11. The third-order valence-corrected chi connectivity index (χ3v) is 3.56. The van der Waals surface area contributed by atoms with Gasteiger partial charge in [0.05, 0.1) is 5.69 Å². The molecule has 0 saturated carbocycles. The number of phenols is 1. The zero-order chi connectivity index (χ0) is 14.0. The number of phenolic OH excluding ortho intramolecular Hbond substituents is 1. The Kier molecular flexibility index (Phi) is 3.95. The van der Waals surface area contributed by atoms with Gasteiger partial charge in [0.1, 0.15) is 11.8 Å². The Labute approximate surface area is 112 Å². The number of anilines is 1.